The van der Waals surface area contributed by atoms with Gasteiger partial charge in [0.25, 0.3) is 0 Å². The lowest BCUT2D eigenvalue weighted by Gasteiger charge is -2.10. The zero-order valence-corrected chi connectivity index (χ0v) is 8.11. The largest absolute Gasteiger partial charge is 0.157 e. The van der Waals surface area contributed by atoms with Crippen LogP contribution in [0.2, 0.25) is 0 Å². The average molecular weight is 166 g/mol. The first-order valence-electron chi connectivity index (χ1n) is 3.84. The van der Waals surface area contributed by atoms with Gasteiger partial charge in [0, 0.05) is 5.25 Å². The third kappa shape index (κ3) is 2.00. The molecule has 0 radical (unpaired) electrons. The molecule has 0 saturated carbocycles. The van der Waals surface area contributed by atoms with Crippen LogP contribution in [0.1, 0.15) is 23.3 Å². The van der Waals surface area contributed by atoms with E-state index in [1.165, 1.54) is 11.1 Å². The Bertz CT molecular complexity index is 230. The summed E-state index contributed by atoms with van der Waals surface area (Å²) in [6, 6.07) is 8.57. The van der Waals surface area contributed by atoms with Crippen LogP contribution in [0.15, 0.2) is 24.3 Å². The highest BCUT2D eigenvalue weighted by molar-refractivity contribution is 7.98. The highest BCUT2D eigenvalue weighted by atomic mass is 32.2. The van der Waals surface area contributed by atoms with Gasteiger partial charge in [-0.05, 0) is 31.2 Å². The van der Waals surface area contributed by atoms with Crippen molar-refractivity contribution >= 4 is 11.8 Å². The van der Waals surface area contributed by atoms with Crippen molar-refractivity contribution in [2.45, 2.75) is 19.1 Å². The second kappa shape index (κ2) is 3.82. The summed E-state index contributed by atoms with van der Waals surface area (Å²) in [5, 5.41) is 0.621. The summed E-state index contributed by atoms with van der Waals surface area (Å²) in [5.41, 5.74) is 2.86. The Hall–Kier alpha value is -0.430. The molecule has 0 amide bonds. The van der Waals surface area contributed by atoms with Crippen LogP contribution in [-0.2, 0) is 0 Å². The fourth-order valence-electron chi connectivity index (χ4n) is 1.17. The van der Waals surface area contributed by atoms with Gasteiger partial charge in [-0.2, -0.15) is 11.8 Å². The van der Waals surface area contributed by atoms with Gasteiger partial charge < -0.3 is 0 Å². The Kier molecular flexibility index (Phi) is 3.01. The van der Waals surface area contributed by atoms with Gasteiger partial charge in [-0.3, -0.25) is 0 Å². The summed E-state index contributed by atoms with van der Waals surface area (Å²) in [4.78, 5) is 0. The zero-order chi connectivity index (χ0) is 8.27. The van der Waals surface area contributed by atoms with Gasteiger partial charge in [-0.15, -0.1) is 0 Å². The molecule has 0 aromatic heterocycles. The summed E-state index contributed by atoms with van der Waals surface area (Å²) in [7, 11) is 0. The summed E-state index contributed by atoms with van der Waals surface area (Å²) in [6.45, 7) is 4.41. The van der Waals surface area contributed by atoms with E-state index >= 15 is 0 Å². The van der Waals surface area contributed by atoms with Crippen LogP contribution in [0.4, 0.5) is 0 Å². The fraction of sp³-hybridized carbons (Fsp3) is 0.400. The van der Waals surface area contributed by atoms with Crippen LogP contribution in [0.25, 0.3) is 0 Å². The first-order valence-corrected chi connectivity index (χ1v) is 5.13. The van der Waals surface area contributed by atoms with E-state index in [4.69, 9.17) is 0 Å². The molecule has 1 rings (SSSR count). The van der Waals surface area contributed by atoms with Gasteiger partial charge in [0.1, 0.15) is 0 Å². The second-order valence-corrected chi connectivity index (χ2v) is 3.91. The minimum atomic E-state index is 0.621. The van der Waals surface area contributed by atoms with Crippen LogP contribution in [0.3, 0.4) is 0 Å². The lowest BCUT2D eigenvalue weighted by molar-refractivity contribution is 1.08. The number of hydrogen-bond acceptors (Lipinski definition) is 1. The van der Waals surface area contributed by atoms with E-state index < -0.39 is 0 Å². The standard InChI is InChI=1S/C10H14S/c1-8-6-4-5-7-10(8)9(2)11-3/h4-7,9H,1-3H3. The molecule has 0 N–H and O–H groups in total. The molecule has 1 atom stereocenters. The van der Waals surface area contributed by atoms with Crippen molar-refractivity contribution in [3.63, 3.8) is 0 Å². The lowest BCUT2D eigenvalue weighted by atomic mass is 10.1. The molecule has 0 spiro atoms. The minimum absolute atomic E-state index is 0.621. The van der Waals surface area contributed by atoms with E-state index in [1.807, 2.05) is 11.8 Å². The van der Waals surface area contributed by atoms with Crippen molar-refractivity contribution in [1.29, 1.82) is 0 Å². The maximum absolute atomic E-state index is 2.24. The first kappa shape index (κ1) is 8.66. The number of thioether (sulfide) groups is 1. The van der Waals surface area contributed by atoms with E-state index in [2.05, 4.69) is 44.4 Å². The molecule has 0 nitrogen and oxygen atoms in total. The van der Waals surface area contributed by atoms with Crippen molar-refractivity contribution < 1.29 is 0 Å². The summed E-state index contributed by atoms with van der Waals surface area (Å²) >= 11 is 1.89. The number of hydrogen-bond donors (Lipinski definition) is 0. The molecule has 0 aliphatic heterocycles. The summed E-state index contributed by atoms with van der Waals surface area (Å²) < 4.78 is 0. The molecular weight excluding hydrogens is 152 g/mol. The molecule has 0 fully saturated rings. The Labute approximate surface area is 73.0 Å². The van der Waals surface area contributed by atoms with Crippen LogP contribution < -0.4 is 0 Å². The van der Waals surface area contributed by atoms with E-state index in [0.29, 0.717) is 5.25 Å². The molecule has 1 aromatic carbocycles. The van der Waals surface area contributed by atoms with Crippen molar-refractivity contribution in [3.8, 4) is 0 Å². The Morgan fingerprint density at radius 1 is 1.27 bits per heavy atom. The monoisotopic (exact) mass is 166 g/mol. The molecule has 11 heavy (non-hydrogen) atoms. The van der Waals surface area contributed by atoms with Crippen LogP contribution in [-0.4, -0.2) is 6.26 Å². The zero-order valence-electron chi connectivity index (χ0n) is 7.29. The Morgan fingerprint density at radius 2 is 1.91 bits per heavy atom. The highest BCUT2D eigenvalue weighted by Crippen LogP contribution is 2.27. The maximum atomic E-state index is 2.24. The molecule has 1 aromatic rings. The normalized spacial score (nSPS) is 13.0. The Morgan fingerprint density at radius 3 is 2.45 bits per heavy atom. The van der Waals surface area contributed by atoms with Gasteiger partial charge in [0.05, 0.1) is 0 Å². The molecule has 1 unspecified atom stereocenters. The average Bonchev–Trinajstić information content (AvgIpc) is 2.04. The molecule has 0 aliphatic carbocycles. The SMILES string of the molecule is CSC(C)c1ccccc1C. The van der Waals surface area contributed by atoms with E-state index in [0.717, 1.165) is 0 Å². The fourth-order valence-corrected chi connectivity index (χ4v) is 1.69. The van der Waals surface area contributed by atoms with E-state index in [-0.39, 0.29) is 0 Å². The summed E-state index contributed by atoms with van der Waals surface area (Å²) in [5.74, 6) is 0. The second-order valence-electron chi connectivity index (χ2n) is 2.73. The van der Waals surface area contributed by atoms with Gasteiger partial charge in [0.15, 0.2) is 0 Å². The molecule has 0 saturated heterocycles. The van der Waals surface area contributed by atoms with Crippen LogP contribution >= 0.6 is 11.8 Å². The quantitative estimate of drug-likeness (QED) is 0.648. The third-order valence-corrected chi connectivity index (χ3v) is 2.94. The van der Waals surface area contributed by atoms with Gasteiger partial charge in [-0.1, -0.05) is 24.3 Å². The Balaban J connectivity index is 2.93. The van der Waals surface area contributed by atoms with Gasteiger partial charge >= 0.3 is 0 Å². The number of rotatable bonds is 2. The third-order valence-electron chi connectivity index (χ3n) is 1.98. The summed E-state index contributed by atoms with van der Waals surface area (Å²) in [6.07, 6.45) is 2.15. The van der Waals surface area contributed by atoms with Crippen molar-refractivity contribution in [2.24, 2.45) is 0 Å². The predicted molar refractivity (Wildman–Crippen MR) is 53.1 cm³/mol. The van der Waals surface area contributed by atoms with Crippen molar-refractivity contribution in [2.75, 3.05) is 6.26 Å². The molecule has 0 heterocycles. The molecule has 60 valence electrons. The molecular formula is C10H14S. The van der Waals surface area contributed by atoms with Gasteiger partial charge in [-0.25, -0.2) is 0 Å². The highest BCUT2D eigenvalue weighted by Gasteiger charge is 2.04. The first-order chi connectivity index (χ1) is 5.25. The van der Waals surface area contributed by atoms with E-state index in [9.17, 15) is 0 Å². The minimum Gasteiger partial charge on any atom is -0.157 e. The topological polar surface area (TPSA) is 0 Å². The molecule has 0 aliphatic rings. The van der Waals surface area contributed by atoms with Crippen molar-refractivity contribution in [1.82, 2.24) is 0 Å². The number of benzene rings is 1. The van der Waals surface area contributed by atoms with Crippen LogP contribution in [0, 0.1) is 6.92 Å². The predicted octanol–water partition coefficient (Wildman–Crippen LogP) is 3.42. The lowest BCUT2D eigenvalue weighted by Crippen LogP contribution is -1.90. The smallest absolute Gasteiger partial charge is 0.0268 e. The van der Waals surface area contributed by atoms with E-state index in [1.54, 1.807) is 0 Å². The van der Waals surface area contributed by atoms with Crippen LogP contribution in [0.5, 0.6) is 0 Å². The molecule has 1 heteroatoms. The van der Waals surface area contributed by atoms with Crippen molar-refractivity contribution in [3.05, 3.63) is 35.4 Å². The molecule has 0 bridgehead atoms. The van der Waals surface area contributed by atoms with Gasteiger partial charge in [0.2, 0.25) is 0 Å². The maximum Gasteiger partial charge on any atom is 0.0268 e. The number of aryl methyl sites for hydroxylation is 1.